The molecule has 4 rings (SSSR count). The molecule has 0 aromatic heterocycles. The Labute approximate surface area is 225 Å². The van der Waals surface area contributed by atoms with Gasteiger partial charge in [0.25, 0.3) is 5.91 Å². The third-order valence-electron chi connectivity index (χ3n) is 4.59. The summed E-state index contributed by atoms with van der Waals surface area (Å²) >= 11 is 13.8. The second-order valence-electron chi connectivity index (χ2n) is 6.83. The summed E-state index contributed by atoms with van der Waals surface area (Å²) in [5.41, 5.74) is 2.52. The van der Waals surface area contributed by atoms with Gasteiger partial charge in [-0.3, -0.25) is 4.79 Å². The summed E-state index contributed by atoms with van der Waals surface area (Å²) in [4.78, 5) is 26.3. The smallest absolute Gasteiger partial charge is 0.333 e. The average molecular weight is 736 g/mol. The molecule has 0 bridgehead atoms. The van der Waals surface area contributed by atoms with Crippen LogP contribution in [0, 0.1) is 7.14 Å². The first-order valence-electron chi connectivity index (χ1n) is 9.31. The van der Waals surface area contributed by atoms with Gasteiger partial charge in [-0.25, -0.2) is 9.69 Å². The van der Waals surface area contributed by atoms with Gasteiger partial charge in [-0.2, -0.15) is 0 Å². The number of imide groups is 1. The van der Waals surface area contributed by atoms with E-state index in [1.807, 2.05) is 36.4 Å². The van der Waals surface area contributed by atoms with Crippen LogP contribution in [0.3, 0.4) is 0 Å². The van der Waals surface area contributed by atoms with Crippen LogP contribution in [0.5, 0.6) is 5.75 Å². The summed E-state index contributed by atoms with van der Waals surface area (Å²) in [5.74, 6) is 0.360. The molecular weight excluding hydrogens is 721 g/mol. The zero-order chi connectivity index (χ0) is 22.8. The van der Waals surface area contributed by atoms with Crippen molar-refractivity contribution < 1.29 is 14.3 Å². The molecular formula is C23H14BrClI2N2O3. The molecule has 0 saturated carbocycles. The van der Waals surface area contributed by atoms with E-state index in [0.717, 1.165) is 33.4 Å². The molecule has 5 nitrogen and oxygen atoms in total. The number of ether oxygens (including phenoxy) is 1. The second kappa shape index (κ2) is 10.1. The van der Waals surface area contributed by atoms with Crippen molar-refractivity contribution in [3.05, 3.63) is 94.1 Å². The first-order chi connectivity index (χ1) is 15.3. The largest absolute Gasteiger partial charge is 0.487 e. The van der Waals surface area contributed by atoms with Gasteiger partial charge in [0.15, 0.2) is 0 Å². The molecule has 0 radical (unpaired) electrons. The van der Waals surface area contributed by atoms with Gasteiger partial charge in [0.05, 0.1) is 12.8 Å². The Morgan fingerprint density at radius 3 is 2.25 bits per heavy atom. The van der Waals surface area contributed by atoms with Crippen molar-refractivity contribution >= 4 is 96.4 Å². The normalized spacial score (nSPS) is 14.8. The summed E-state index contributed by atoms with van der Waals surface area (Å²) in [6, 6.07) is 17.8. The Morgan fingerprint density at radius 1 is 1.00 bits per heavy atom. The number of nitrogens with one attached hydrogen (secondary N) is 1. The van der Waals surface area contributed by atoms with Crippen molar-refractivity contribution in [3.8, 4) is 5.75 Å². The molecule has 0 unspecified atom stereocenters. The van der Waals surface area contributed by atoms with Crippen LogP contribution in [0.15, 0.2) is 70.8 Å². The minimum Gasteiger partial charge on any atom is -0.487 e. The maximum atomic E-state index is 12.8. The summed E-state index contributed by atoms with van der Waals surface area (Å²) in [6.45, 7) is 0.449. The lowest BCUT2D eigenvalue weighted by Gasteiger charge is -2.12. The number of urea groups is 1. The minimum atomic E-state index is -0.498. The third kappa shape index (κ3) is 5.29. The lowest BCUT2D eigenvalue weighted by Crippen LogP contribution is -2.30. The van der Waals surface area contributed by atoms with E-state index in [1.165, 1.54) is 0 Å². The first-order valence-corrected chi connectivity index (χ1v) is 12.6. The highest BCUT2D eigenvalue weighted by molar-refractivity contribution is 14.1. The number of hydrogen-bond acceptors (Lipinski definition) is 3. The number of rotatable bonds is 5. The maximum Gasteiger partial charge on any atom is 0.333 e. The van der Waals surface area contributed by atoms with E-state index in [1.54, 1.807) is 30.3 Å². The molecule has 1 aliphatic heterocycles. The SMILES string of the molecule is O=C1N/C(=C/c2cc(I)c(OCc3ccc(Br)cc3)c(I)c2)C(=O)N1c1ccc(Cl)cc1. The number of nitrogens with zero attached hydrogens (tertiary/aromatic N) is 1. The molecule has 0 aliphatic carbocycles. The fraction of sp³-hybridized carbons (Fsp3) is 0.0435. The molecule has 3 amide bonds. The maximum absolute atomic E-state index is 12.8. The lowest BCUT2D eigenvalue weighted by atomic mass is 10.1. The van der Waals surface area contributed by atoms with Gasteiger partial charge >= 0.3 is 6.03 Å². The van der Waals surface area contributed by atoms with E-state index in [4.69, 9.17) is 16.3 Å². The van der Waals surface area contributed by atoms with Gasteiger partial charge in [-0.1, -0.05) is 39.7 Å². The highest BCUT2D eigenvalue weighted by atomic mass is 127. The van der Waals surface area contributed by atoms with Crippen LogP contribution < -0.4 is 15.0 Å². The third-order valence-corrected chi connectivity index (χ3v) is 6.97. The van der Waals surface area contributed by atoms with Gasteiger partial charge in [-0.15, -0.1) is 0 Å². The summed E-state index contributed by atoms with van der Waals surface area (Å²) in [5, 5.41) is 3.18. The van der Waals surface area contributed by atoms with Gasteiger partial charge < -0.3 is 10.1 Å². The van der Waals surface area contributed by atoms with E-state index in [-0.39, 0.29) is 5.70 Å². The molecule has 1 N–H and O–H groups in total. The van der Waals surface area contributed by atoms with E-state index in [2.05, 4.69) is 66.4 Å². The molecule has 9 heteroatoms. The highest BCUT2D eigenvalue weighted by Gasteiger charge is 2.34. The summed E-state index contributed by atoms with van der Waals surface area (Å²) in [6.07, 6.45) is 1.67. The molecule has 1 aliphatic rings. The van der Waals surface area contributed by atoms with Crippen LogP contribution in [0.1, 0.15) is 11.1 Å². The van der Waals surface area contributed by atoms with E-state index >= 15 is 0 Å². The molecule has 3 aromatic carbocycles. The molecule has 1 fully saturated rings. The number of carbonyl (C=O) groups excluding carboxylic acids is 2. The van der Waals surface area contributed by atoms with Gasteiger partial charge in [0.1, 0.15) is 18.1 Å². The Morgan fingerprint density at radius 2 is 1.62 bits per heavy atom. The first kappa shape index (κ1) is 23.5. The molecule has 0 spiro atoms. The Kier molecular flexibility index (Phi) is 7.43. The molecule has 1 heterocycles. The van der Waals surface area contributed by atoms with Gasteiger partial charge in [0, 0.05) is 9.50 Å². The second-order valence-corrected chi connectivity index (χ2v) is 10.5. The van der Waals surface area contributed by atoms with Gasteiger partial charge in [0.2, 0.25) is 0 Å². The summed E-state index contributed by atoms with van der Waals surface area (Å²) in [7, 11) is 0. The number of hydrogen-bond donors (Lipinski definition) is 1. The fourth-order valence-corrected chi connectivity index (χ4v) is 5.58. The van der Waals surface area contributed by atoms with Crippen molar-refractivity contribution in [2.24, 2.45) is 0 Å². The average Bonchev–Trinajstić information content (AvgIpc) is 3.02. The molecule has 162 valence electrons. The predicted molar refractivity (Wildman–Crippen MR) is 146 cm³/mol. The van der Waals surface area contributed by atoms with Crippen LogP contribution in [-0.4, -0.2) is 11.9 Å². The van der Waals surface area contributed by atoms with E-state index < -0.39 is 11.9 Å². The lowest BCUT2D eigenvalue weighted by molar-refractivity contribution is -0.113. The summed E-state index contributed by atoms with van der Waals surface area (Å²) < 4.78 is 8.87. The number of carbonyl (C=O) groups is 2. The molecule has 3 aromatic rings. The van der Waals surface area contributed by atoms with Crippen LogP contribution in [-0.2, 0) is 11.4 Å². The Hall–Kier alpha value is -1.63. The topological polar surface area (TPSA) is 58.6 Å². The van der Waals surface area contributed by atoms with Crippen LogP contribution >= 0.6 is 72.7 Å². The van der Waals surface area contributed by atoms with Crippen LogP contribution in [0.4, 0.5) is 10.5 Å². The quantitative estimate of drug-likeness (QED) is 0.175. The van der Waals surface area contributed by atoms with E-state index in [0.29, 0.717) is 17.3 Å². The highest BCUT2D eigenvalue weighted by Crippen LogP contribution is 2.31. The number of anilines is 1. The molecule has 0 atom stereocenters. The zero-order valence-corrected chi connectivity index (χ0v) is 22.9. The fourth-order valence-electron chi connectivity index (χ4n) is 3.06. The predicted octanol–water partition coefficient (Wildman–Crippen LogP) is 6.99. The molecule has 1 saturated heterocycles. The number of halogens is 4. The zero-order valence-electron chi connectivity index (χ0n) is 16.2. The minimum absolute atomic E-state index is 0.208. The Balaban J connectivity index is 1.54. The van der Waals surface area contributed by atoms with E-state index in [9.17, 15) is 9.59 Å². The van der Waals surface area contributed by atoms with Crippen molar-refractivity contribution in [3.63, 3.8) is 0 Å². The van der Waals surface area contributed by atoms with Crippen molar-refractivity contribution in [2.75, 3.05) is 4.90 Å². The standard InChI is InChI=1S/C23H14BrClI2N2O3/c24-15-3-1-13(2-4-15)12-32-21-18(26)9-14(10-19(21)27)11-20-22(30)29(23(31)28-20)17-7-5-16(25)6-8-17/h1-11H,12H2,(H,28,31)/b20-11+. The van der Waals surface area contributed by atoms with Crippen molar-refractivity contribution in [1.29, 1.82) is 0 Å². The number of benzene rings is 3. The van der Waals surface area contributed by atoms with Crippen molar-refractivity contribution in [1.82, 2.24) is 5.32 Å². The Bertz CT molecular complexity index is 1210. The molecule has 32 heavy (non-hydrogen) atoms. The van der Waals surface area contributed by atoms with Crippen LogP contribution in [0.2, 0.25) is 5.02 Å². The number of amides is 3. The van der Waals surface area contributed by atoms with Crippen LogP contribution in [0.25, 0.3) is 6.08 Å². The van der Waals surface area contributed by atoms with Crippen molar-refractivity contribution in [2.45, 2.75) is 6.61 Å². The monoisotopic (exact) mass is 734 g/mol. The van der Waals surface area contributed by atoms with Gasteiger partial charge in [-0.05, 0) is 111 Å².